The highest BCUT2D eigenvalue weighted by atomic mass is 35.5. The fourth-order valence-electron chi connectivity index (χ4n) is 0.741. The van der Waals surface area contributed by atoms with Crippen LogP contribution in [-0.2, 0) is 0 Å². The molecular weight excluding hydrogens is 140 g/mol. The van der Waals surface area contributed by atoms with Gasteiger partial charge in [0.1, 0.15) is 0 Å². The summed E-state index contributed by atoms with van der Waals surface area (Å²) < 4.78 is 0. The molecule has 1 rings (SSSR count). The van der Waals surface area contributed by atoms with Gasteiger partial charge in [-0.15, -0.1) is 12.4 Å². The third-order valence-electron chi connectivity index (χ3n) is 1.33. The van der Waals surface area contributed by atoms with Crippen molar-refractivity contribution in [1.29, 1.82) is 0 Å². The van der Waals surface area contributed by atoms with Gasteiger partial charge in [-0.05, 0) is 0 Å². The molecule has 0 aromatic rings. The normalized spacial score (nSPS) is 29.3. The Labute approximate surface area is 60.9 Å². The van der Waals surface area contributed by atoms with E-state index in [9.17, 15) is 0 Å². The maximum Gasteiger partial charge on any atom is 0.0832 e. The van der Waals surface area contributed by atoms with Crippen molar-refractivity contribution in [1.82, 2.24) is 10.3 Å². The molecule has 9 heavy (non-hydrogen) atoms. The average molecular weight is 153 g/mol. The molecule has 1 unspecified atom stereocenters. The zero-order valence-electron chi connectivity index (χ0n) is 5.21. The topological polar surface area (TPSA) is 67.3 Å². The summed E-state index contributed by atoms with van der Waals surface area (Å²) in [5.74, 6) is 5.45. The number of hydrogen-bond acceptors (Lipinski definition) is 4. The van der Waals surface area contributed by atoms with E-state index in [1.54, 1.807) is 5.01 Å². The van der Waals surface area contributed by atoms with E-state index in [4.69, 9.17) is 11.6 Å². The molecular formula is C4H13ClN4. The van der Waals surface area contributed by atoms with E-state index in [0.717, 1.165) is 19.6 Å². The van der Waals surface area contributed by atoms with E-state index in [1.807, 2.05) is 0 Å². The van der Waals surface area contributed by atoms with Gasteiger partial charge in [-0.1, -0.05) is 0 Å². The smallest absolute Gasteiger partial charge is 0.0832 e. The van der Waals surface area contributed by atoms with Crippen molar-refractivity contribution >= 4 is 12.4 Å². The Morgan fingerprint density at radius 2 is 2.22 bits per heavy atom. The van der Waals surface area contributed by atoms with Gasteiger partial charge in [0.05, 0.1) is 6.17 Å². The first-order valence-corrected chi connectivity index (χ1v) is 2.78. The Bertz CT molecular complexity index is 69.0. The fourth-order valence-corrected chi connectivity index (χ4v) is 0.741. The molecule has 4 nitrogen and oxygen atoms in total. The maximum atomic E-state index is 5.52. The number of piperazine rings is 1. The van der Waals surface area contributed by atoms with Gasteiger partial charge >= 0.3 is 0 Å². The van der Waals surface area contributed by atoms with Gasteiger partial charge in [-0.25, -0.2) is 5.01 Å². The molecule has 0 saturated carbocycles. The van der Waals surface area contributed by atoms with Gasteiger partial charge in [-0.2, -0.15) is 0 Å². The van der Waals surface area contributed by atoms with Gasteiger partial charge in [0.15, 0.2) is 0 Å². The second-order valence-electron chi connectivity index (χ2n) is 2.01. The van der Waals surface area contributed by atoms with Crippen LogP contribution in [0.3, 0.4) is 0 Å². The van der Waals surface area contributed by atoms with Gasteiger partial charge in [0.25, 0.3) is 0 Å². The van der Waals surface area contributed by atoms with Crippen LogP contribution in [0.2, 0.25) is 0 Å². The molecule has 5 heteroatoms. The van der Waals surface area contributed by atoms with Crippen molar-refractivity contribution in [3.8, 4) is 0 Å². The molecule has 1 aliphatic heterocycles. The van der Waals surface area contributed by atoms with Gasteiger partial charge < -0.3 is 11.1 Å². The number of nitrogens with zero attached hydrogens (tertiary/aromatic N) is 1. The second kappa shape index (κ2) is 4.03. The molecule has 0 aromatic carbocycles. The van der Waals surface area contributed by atoms with Gasteiger partial charge in [0.2, 0.25) is 0 Å². The average Bonchev–Trinajstić information content (AvgIpc) is 1.77. The quantitative estimate of drug-likeness (QED) is 0.369. The lowest BCUT2D eigenvalue weighted by Crippen LogP contribution is -2.58. The molecule has 1 fully saturated rings. The molecule has 0 amide bonds. The van der Waals surface area contributed by atoms with Gasteiger partial charge in [0, 0.05) is 19.6 Å². The van der Waals surface area contributed by atoms with Crippen LogP contribution >= 0.6 is 12.4 Å². The van der Waals surface area contributed by atoms with Crippen LogP contribution < -0.4 is 16.9 Å². The molecule has 0 radical (unpaired) electrons. The summed E-state index contributed by atoms with van der Waals surface area (Å²) in [5, 5.41) is 4.77. The van der Waals surface area contributed by atoms with Crippen LogP contribution in [0.1, 0.15) is 0 Å². The summed E-state index contributed by atoms with van der Waals surface area (Å²) in [7, 11) is 0. The third-order valence-corrected chi connectivity index (χ3v) is 1.33. The van der Waals surface area contributed by atoms with E-state index in [-0.39, 0.29) is 18.6 Å². The van der Waals surface area contributed by atoms with E-state index >= 15 is 0 Å². The molecule has 0 aliphatic carbocycles. The molecule has 0 spiro atoms. The Morgan fingerprint density at radius 1 is 1.56 bits per heavy atom. The monoisotopic (exact) mass is 152 g/mol. The SMILES string of the molecule is Cl.NC1CNCCN1N. The zero-order chi connectivity index (χ0) is 5.98. The summed E-state index contributed by atoms with van der Waals surface area (Å²) in [6.45, 7) is 2.60. The molecule has 1 heterocycles. The Balaban J connectivity index is 0.000000640. The Kier molecular flexibility index (Phi) is 4.09. The first-order valence-electron chi connectivity index (χ1n) is 2.78. The van der Waals surface area contributed by atoms with E-state index < -0.39 is 0 Å². The summed E-state index contributed by atoms with van der Waals surface area (Å²) in [4.78, 5) is 0. The number of rotatable bonds is 0. The molecule has 1 aliphatic rings. The fraction of sp³-hybridized carbons (Fsp3) is 1.00. The van der Waals surface area contributed by atoms with Crippen molar-refractivity contribution in [3.63, 3.8) is 0 Å². The van der Waals surface area contributed by atoms with Gasteiger partial charge in [-0.3, -0.25) is 5.84 Å². The van der Waals surface area contributed by atoms with E-state index in [2.05, 4.69) is 5.32 Å². The number of nitrogens with one attached hydrogen (secondary N) is 1. The second-order valence-corrected chi connectivity index (χ2v) is 2.01. The van der Waals surface area contributed by atoms with Crippen molar-refractivity contribution in [2.45, 2.75) is 6.17 Å². The highest BCUT2D eigenvalue weighted by molar-refractivity contribution is 5.85. The standard InChI is InChI=1S/C4H12N4.ClH/c5-4-3-7-1-2-8(4)6;/h4,7H,1-3,5-6H2;1H. The van der Waals surface area contributed by atoms with Crippen LogP contribution in [0.15, 0.2) is 0 Å². The predicted molar refractivity (Wildman–Crippen MR) is 39.0 cm³/mol. The zero-order valence-corrected chi connectivity index (χ0v) is 6.03. The number of halogens is 1. The van der Waals surface area contributed by atoms with Crippen LogP contribution in [-0.4, -0.2) is 30.8 Å². The summed E-state index contributed by atoms with van der Waals surface area (Å²) >= 11 is 0. The lowest BCUT2D eigenvalue weighted by molar-refractivity contribution is 0.168. The number of hydrogen-bond donors (Lipinski definition) is 3. The molecule has 0 aromatic heterocycles. The molecule has 1 atom stereocenters. The highest BCUT2D eigenvalue weighted by Crippen LogP contribution is 1.86. The third kappa shape index (κ3) is 2.47. The maximum absolute atomic E-state index is 5.52. The largest absolute Gasteiger partial charge is 0.314 e. The minimum atomic E-state index is 0. The van der Waals surface area contributed by atoms with Crippen molar-refractivity contribution in [3.05, 3.63) is 0 Å². The molecule has 0 bridgehead atoms. The minimum absolute atomic E-state index is 0. The van der Waals surface area contributed by atoms with Crippen LogP contribution in [0.4, 0.5) is 0 Å². The highest BCUT2D eigenvalue weighted by Gasteiger charge is 2.12. The van der Waals surface area contributed by atoms with Crippen molar-refractivity contribution in [2.24, 2.45) is 11.6 Å². The lowest BCUT2D eigenvalue weighted by atomic mass is 10.4. The molecule has 56 valence electrons. The van der Waals surface area contributed by atoms with Crippen molar-refractivity contribution < 1.29 is 0 Å². The molecule has 1 saturated heterocycles. The van der Waals surface area contributed by atoms with Crippen LogP contribution in [0, 0.1) is 0 Å². The summed E-state index contributed by atoms with van der Waals surface area (Å²) in [6, 6.07) is 0. The first-order chi connectivity index (χ1) is 3.80. The Hall–Kier alpha value is 0.130. The van der Waals surface area contributed by atoms with Crippen molar-refractivity contribution in [2.75, 3.05) is 19.6 Å². The Morgan fingerprint density at radius 3 is 2.56 bits per heavy atom. The van der Waals surface area contributed by atoms with Crippen LogP contribution in [0.5, 0.6) is 0 Å². The predicted octanol–water partition coefficient (Wildman–Crippen LogP) is -1.53. The van der Waals surface area contributed by atoms with Crippen LogP contribution in [0.25, 0.3) is 0 Å². The minimum Gasteiger partial charge on any atom is -0.314 e. The number of nitrogens with two attached hydrogens (primary N) is 2. The summed E-state index contributed by atoms with van der Waals surface area (Å²) in [5.41, 5.74) is 5.52. The summed E-state index contributed by atoms with van der Waals surface area (Å²) in [6.07, 6.45) is 0.00347. The first kappa shape index (κ1) is 9.13. The molecule has 5 N–H and O–H groups in total. The number of hydrazine groups is 1. The van der Waals surface area contributed by atoms with E-state index in [1.165, 1.54) is 0 Å². The van der Waals surface area contributed by atoms with E-state index in [0.29, 0.717) is 0 Å². The lowest BCUT2D eigenvalue weighted by Gasteiger charge is -2.28.